The number of aromatic nitrogens is 1. The molecule has 4 aromatic rings. The van der Waals surface area contributed by atoms with Crippen LogP contribution in [-0.4, -0.2) is 61.4 Å². The topological polar surface area (TPSA) is 178 Å². The number of hydrogen-bond donors (Lipinski definition) is 4. The molecule has 0 radical (unpaired) electrons. The lowest BCUT2D eigenvalue weighted by Gasteiger charge is -2.27. The van der Waals surface area contributed by atoms with Crippen molar-refractivity contribution in [3.8, 4) is 5.75 Å². The van der Waals surface area contributed by atoms with Gasteiger partial charge in [-0.2, -0.15) is 0 Å². The van der Waals surface area contributed by atoms with E-state index in [1.807, 2.05) is 0 Å². The van der Waals surface area contributed by atoms with Gasteiger partial charge < -0.3 is 15.3 Å². The number of benzene rings is 3. The number of imide groups is 2. The minimum atomic E-state index is -1.46. The van der Waals surface area contributed by atoms with E-state index in [2.05, 4.69) is 20.9 Å². The number of nitrogens with one attached hydrogen (secondary N) is 3. The second-order valence-electron chi connectivity index (χ2n) is 11.5. The average Bonchev–Trinajstić information content (AvgIpc) is 3.76. The summed E-state index contributed by atoms with van der Waals surface area (Å²) in [6, 6.07) is 7.81. The fourth-order valence-electron chi connectivity index (χ4n) is 6.28. The fraction of sp³-hybridized carbons (Fsp3) is 0.182. The van der Waals surface area contributed by atoms with Gasteiger partial charge in [0.1, 0.15) is 29.5 Å². The Labute approximate surface area is 279 Å². The molecule has 6 amide bonds. The molecule has 4 N–H and O–H groups in total. The molecule has 248 valence electrons. The number of phenolic OH excluding ortho intramolecular Hbond substituents is 1. The summed E-state index contributed by atoms with van der Waals surface area (Å²) in [6.07, 6.45) is 1.30. The van der Waals surface area contributed by atoms with Crippen LogP contribution < -0.4 is 16.0 Å². The zero-order valence-electron chi connectivity index (χ0n) is 25.2. The number of hydrogen-bond acceptors (Lipinski definition) is 10. The molecule has 3 aliphatic heterocycles. The number of nitrogens with zero attached hydrogens (tertiary/aromatic N) is 3. The minimum absolute atomic E-state index is 0.0182. The number of amides is 6. The van der Waals surface area contributed by atoms with Crippen molar-refractivity contribution >= 4 is 57.6 Å². The van der Waals surface area contributed by atoms with Crippen LogP contribution in [0.2, 0.25) is 0 Å². The maximum Gasteiger partial charge on any atom is 0.265 e. The molecule has 1 aromatic heterocycles. The molecule has 0 saturated carbocycles. The molecule has 49 heavy (non-hydrogen) atoms. The van der Waals surface area contributed by atoms with E-state index in [1.165, 1.54) is 23.2 Å². The van der Waals surface area contributed by atoms with Gasteiger partial charge in [0.25, 0.3) is 23.6 Å². The van der Waals surface area contributed by atoms with Crippen LogP contribution in [0.5, 0.6) is 5.75 Å². The number of carbonyl (C=O) groups excluding carboxylic acids is 6. The SMILES string of the molecule is O=C1CCC(N2C(=O)c3ccc(CNc4cccc5c4C(=O)N(C(C(=O)Nc4nccs4)c4cc(F)ccc4O)C5)c(F)c3C2=O)C(=O)N1. The molecule has 3 aliphatic rings. The van der Waals surface area contributed by atoms with Gasteiger partial charge in [0.15, 0.2) is 5.13 Å². The summed E-state index contributed by atoms with van der Waals surface area (Å²) in [6.45, 7) is -0.322. The smallest absolute Gasteiger partial charge is 0.265 e. The Morgan fingerprint density at radius 3 is 2.61 bits per heavy atom. The molecule has 7 rings (SSSR count). The van der Waals surface area contributed by atoms with Crippen molar-refractivity contribution in [2.75, 3.05) is 10.6 Å². The second-order valence-corrected chi connectivity index (χ2v) is 12.4. The lowest BCUT2D eigenvalue weighted by Crippen LogP contribution is -2.54. The number of aromatic hydroxyl groups is 1. The van der Waals surface area contributed by atoms with Gasteiger partial charge in [-0.05, 0) is 42.3 Å². The third-order valence-corrected chi connectivity index (χ3v) is 9.26. The van der Waals surface area contributed by atoms with Crippen molar-refractivity contribution in [2.45, 2.75) is 38.0 Å². The van der Waals surface area contributed by atoms with Gasteiger partial charge in [0, 0.05) is 47.9 Å². The van der Waals surface area contributed by atoms with Gasteiger partial charge in [0.05, 0.1) is 16.7 Å². The highest BCUT2D eigenvalue weighted by Crippen LogP contribution is 2.39. The van der Waals surface area contributed by atoms with E-state index in [0.717, 1.165) is 29.5 Å². The Balaban J connectivity index is 1.15. The molecule has 1 saturated heterocycles. The summed E-state index contributed by atoms with van der Waals surface area (Å²) in [5.74, 6) is -6.69. The lowest BCUT2D eigenvalue weighted by atomic mass is 10.0. The first-order valence-electron chi connectivity index (χ1n) is 14.9. The Morgan fingerprint density at radius 2 is 1.86 bits per heavy atom. The minimum Gasteiger partial charge on any atom is -0.508 e. The maximum absolute atomic E-state index is 15.8. The molecule has 2 unspecified atom stereocenters. The van der Waals surface area contributed by atoms with Gasteiger partial charge >= 0.3 is 0 Å². The first kappa shape index (κ1) is 31.6. The van der Waals surface area contributed by atoms with Crippen LogP contribution >= 0.6 is 11.3 Å². The van der Waals surface area contributed by atoms with Crippen molar-refractivity contribution in [3.63, 3.8) is 0 Å². The maximum atomic E-state index is 15.8. The second kappa shape index (κ2) is 12.2. The zero-order valence-corrected chi connectivity index (χ0v) is 26.0. The molecule has 1 fully saturated rings. The van der Waals surface area contributed by atoms with E-state index in [1.54, 1.807) is 23.6 Å². The molecule has 0 bridgehead atoms. The Kier molecular flexibility index (Phi) is 7.86. The van der Waals surface area contributed by atoms with Crippen LogP contribution in [0.4, 0.5) is 19.6 Å². The van der Waals surface area contributed by atoms with Crippen LogP contribution in [0.15, 0.2) is 60.1 Å². The number of phenols is 1. The monoisotopic (exact) mass is 686 g/mol. The first-order chi connectivity index (χ1) is 23.5. The summed E-state index contributed by atoms with van der Waals surface area (Å²) in [5, 5.41) is 20.2. The quantitative estimate of drug-likeness (QED) is 0.202. The average molecular weight is 687 g/mol. The Morgan fingerprint density at radius 1 is 1.04 bits per heavy atom. The highest BCUT2D eigenvalue weighted by molar-refractivity contribution is 7.13. The number of halogens is 2. The number of rotatable bonds is 8. The number of anilines is 2. The molecule has 2 atom stereocenters. The van der Waals surface area contributed by atoms with E-state index in [4.69, 9.17) is 0 Å². The van der Waals surface area contributed by atoms with E-state index in [-0.39, 0.29) is 59.0 Å². The largest absolute Gasteiger partial charge is 0.508 e. The molecular formula is C33H24F2N6O7S. The molecule has 0 aliphatic carbocycles. The van der Waals surface area contributed by atoms with Crippen molar-refractivity contribution in [1.82, 2.24) is 20.1 Å². The highest BCUT2D eigenvalue weighted by atomic mass is 32.1. The Hall–Kier alpha value is -6.03. The van der Waals surface area contributed by atoms with Gasteiger partial charge in [0.2, 0.25) is 11.8 Å². The van der Waals surface area contributed by atoms with Crippen molar-refractivity contribution < 1.29 is 42.7 Å². The third kappa shape index (κ3) is 5.44. The molecule has 16 heteroatoms. The van der Waals surface area contributed by atoms with Gasteiger partial charge in [-0.25, -0.2) is 13.8 Å². The van der Waals surface area contributed by atoms with Crippen LogP contribution in [0, 0.1) is 11.6 Å². The number of fused-ring (bicyclic) bond motifs is 2. The van der Waals surface area contributed by atoms with Crippen molar-refractivity contribution in [2.24, 2.45) is 0 Å². The normalized spacial score (nSPS) is 17.6. The highest BCUT2D eigenvalue weighted by Gasteiger charge is 2.46. The van der Waals surface area contributed by atoms with E-state index in [0.29, 0.717) is 10.5 Å². The summed E-state index contributed by atoms with van der Waals surface area (Å²) >= 11 is 1.13. The summed E-state index contributed by atoms with van der Waals surface area (Å²) in [7, 11) is 0. The van der Waals surface area contributed by atoms with Gasteiger partial charge in [-0.1, -0.05) is 18.2 Å². The molecular weight excluding hydrogens is 662 g/mol. The summed E-state index contributed by atoms with van der Waals surface area (Å²) in [5.41, 5.74) is 0.0321. The number of thiazole rings is 1. The van der Waals surface area contributed by atoms with Crippen LogP contribution in [0.3, 0.4) is 0 Å². The molecule has 13 nitrogen and oxygen atoms in total. The zero-order chi connectivity index (χ0) is 34.6. The first-order valence-corrected chi connectivity index (χ1v) is 15.8. The third-order valence-electron chi connectivity index (χ3n) is 8.57. The Bertz CT molecular complexity index is 2110. The van der Waals surface area contributed by atoms with E-state index in [9.17, 15) is 38.3 Å². The van der Waals surface area contributed by atoms with Crippen LogP contribution in [-0.2, 0) is 27.5 Å². The number of piperidine rings is 1. The van der Waals surface area contributed by atoms with Crippen LogP contribution in [0.1, 0.15) is 66.6 Å². The molecule has 0 spiro atoms. The molecule has 3 aromatic carbocycles. The standard InChI is InChI=1S/C33H24F2N6O7S/c34-17-5-8-22(42)19(12-17)27(29(45)39-33-36-10-11-49-33)40-14-16-2-1-3-20(24(16)31(40)47)37-13-15-4-6-18-25(26(15)35)32(48)41(30(18)46)21-7-9-23(43)38-28(21)44/h1-6,8,10-12,21,27,37,42H,7,9,13-14H2,(H,36,39,45)(H,38,43,44). The summed E-state index contributed by atoms with van der Waals surface area (Å²) < 4.78 is 30.2. The van der Waals surface area contributed by atoms with E-state index < -0.39 is 70.5 Å². The lowest BCUT2D eigenvalue weighted by molar-refractivity contribution is -0.136. The van der Waals surface area contributed by atoms with Crippen molar-refractivity contribution in [1.29, 1.82) is 0 Å². The fourth-order valence-corrected chi connectivity index (χ4v) is 6.81. The predicted octanol–water partition coefficient (Wildman–Crippen LogP) is 3.48. The van der Waals surface area contributed by atoms with Gasteiger partial charge in [-0.15, -0.1) is 11.3 Å². The molecule has 4 heterocycles. The van der Waals surface area contributed by atoms with Gasteiger partial charge in [-0.3, -0.25) is 44.3 Å². The number of carbonyl (C=O) groups is 6. The van der Waals surface area contributed by atoms with Crippen LogP contribution in [0.25, 0.3) is 0 Å². The van der Waals surface area contributed by atoms with Crippen molar-refractivity contribution in [3.05, 3.63) is 105 Å². The predicted molar refractivity (Wildman–Crippen MR) is 168 cm³/mol. The van der Waals surface area contributed by atoms with E-state index >= 15 is 4.39 Å². The summed E-state index contributed by atoms with van der Waals surface area (Å²) in [4.78, 5) is 83.7.